The summed E-state index contributed by atoms with van der Waals surface area (Å²) in [6.07, 6.45) is 0. The molecule has 1 aliphatic rings. The molecule has 0 saturated carbocycles. The highest BCUT2D eigenvalue weighted by Crippen LogP contribution is 2.07. The first-order chi connectivity index (χ1) is 8.19. The Morgan fingerprint density at radius 1 is 1.00 bits per heavy atom. The Labute approximate surface area is 104 Å². The van der Waals surface area contributed by atoms with Gasteiger partial charge >= 0.3 is 0 Å². The zero-order valence-electron chi connectivity index (χ0n) is 10.7. The summed E-state index contributed by atoms with van der Waals surface area (Å²) in [5.41, 5.74) is 2.68. The molecule has 1 rings (SSSR count). The molecule has 0 aliphatic carbocycles. The molecule has 0 aromatic heterocycles. The molecular formula is C8H18N6O4. The van der Waals surface area contributed by atoms with Crippen LogP contribution >= 0.6 is 0 Å². The highest BCUT2D eigenvalue weighted by atomic mass is 16.7. The molecule has 104 valence electrons. The monoisotopic (exact) mass is 262 g/mol. The lowest BCUT2D eigenvalue weighted by Crippen LogP contribution is -2.55. The molecule has 1 fully saturated rings. The SMILES string of the molecule is CC(C)(C)NN1CN([N+](=O)[O-])CCN([N+](=O)[O-])C1. The minimum Gasteiger partial charge on any atom is -0.246 e. The summed E-state index contributed by atoms with van der Waals surface area (Å²) in [5.74, 6) is 0. The fourth-order valence-corrected chi connectivity index (χ4v) is 1.62. The number of nitro groups is 2. The lowest BCUT2D eigenvalue weighted by molar-refractivity contribution is -0.666. The van der Waals surface area contributed by atoms with Crippen LogP contribution in [-0.2, 0) is 0 Å². The smallest absolute Gasteiger partial charge is 0.161 e. The van der Waals surface area contributed by atoms with Crippen molar-refractivity contribution in [1.29, 1.82) is 0 Å². The zero-order valence-corrected chi connectivity index (χ0v) is 10.7. The van der Waals surface area contributed by atoms with Crippen molar-refractivity contribution in [3.8, 4) is 0 Å². The van der Waals surface area contributed by atoms with Gasteiger partial charge in [-0.1, -0.05) is 0 Å². The van der Waals surface area contributed by atoms with E-state index in [-0.39, 0.29) is 32.0 Å². The van der Waals surface area contributed by atoms with Gasteiger partial charge in [-0.25, -0.2) is 25.7 Å². The molecule has 1 heterocycles. The van der Waals surface area contributed by atoms with E-state index in [1.165, 1.54) is 5.01 Å². The maximum Gasteiger partial charge on any atom is 0.161 e. The predicted octanol–water partition coefficient (Wildman–Crippen LogP) is -0.492. The van der Waals surface area contributed by atoms with Crippen LogP contribution in [0.4, 0.5) is 0 Å². The molecular weight excluding hydrogens is 244 g/mol. The van der Waals surface area contributed by atoms with Gasteiger partial charge in [-0.15, -0.1) is 10.0 Å². The minimum atomic E-state index is -0.541. The van der Waals surface area contributed by atoms with Crippen LogP contribution in [0, 0.1) is 20.2 Å². The van der Waals surface area contributed by atoms with Gasteiger partial charge in [0.2, 0.25) is 0 Å². The van der Waals surface area contributed by atoms with Crippen LogP contribution in [0.3, 0.4) is 0 Å². The van der Waals surface area contributed by atoms with Crippen LogP contribution in [-0.4, -0.2) is 57.1 Å². The fraction of sp³-hybridized carbons (Fsp3) is 1.00. The van der Waals surface area contributed by atoms with Crippen molar-refractivity contribution >= 4 is 0 Å². The first-order valence-electron chi connectivity index (χ1n) is 5.50. The molecule has 0 unspecified atom stereocenters. The van der Waals surface area contributed by atoms with E-state index < -0.39 is 10.1 Å². The molecule has 0 radical (unpaired) electrons. The highest BCUT2D eigenvalue weighted by Gasteiger charge is 2.31. The quantitative estimate of drug-likeness (QED) is 0.536. The molecule has 0 aromatic rings. The van der Waals surface area contributed by atoms with Crippen LogP contribution in [0.15, 0.2) is 0 Å². The third kappa shape index (κ3) is 4.30. The van der Waals surface area contributed by atoms with Crippen molar-refractivity contribution < 1.29 is 10.1 Å². The van der Waals surface area contributed by atoms with Crippen LogP contribution < -0.4 is 5.43 Å². The number of hydrogen-bond acceptors (Lipinski definition) is 6. The van der Waals surface area contributed by atoms with Gasteiger partial charge in [-0.05, 0) is 20.8 Å². The van der Waals surface area contributed by atoms with Gasteiger partial charge in [0, 0.05) is 5.54 Å². The Hall–Kier alpha value is -1.68. The van der Waals surface area contributed by atoms with Crippen molar-refractivity contribution in [2.75, 3.05) is 26.4 Å². The molecule has 10 heteroatoms. The number of nitrogens with zero attached hydrogens (tertiary/aromatic N) is 5. The van der Waals surface area contributed by atoms with Gasteiger partial charge in [-0.3, -0.25) is 0 Å². The Morgan fingerprint density at radius 3 is 1.67 bits per heavy atom. The van der Waals surface area contributed by atoms with E-state index in [2.05, 4.69) is 5.43 Å². The van der Waals surface area contributed by atoms with E-state index >= 15 is 0 Å². The molecule has 0 spiro atoms. The van der Waals surface area contributed by atoms with Crippen molar-refractivity contribution in [2.24, 2.45) is 0 Å². The summed E-state index contributed by atoms with van der Waals surface area (Å²) in [6.45, 7) is 5.65. The van der Waals surface area contributed by atoms with Gasteiger partial charge in [-0.2, -0.15) is 5.01 Å². The third-order valence-corrected chi connectivity index (χ3v) is 2.24. The molecule has 18 heavy (non-hydrogen) atoms. The van der Waals surface area contributed by atoms with E-state index in [9.17, 15) is 20.2 Å². The van der Waals surface area contributed by atoms with Crippen molar-refractivity contribution in [1.82, 2.24) is 20.5 Å². The van der Waals surface area contributed by atoms with Gasteiger partial charge in [0.05, 0.1) is 0 Å². The molecule has 0 bridgehead atoms. The Balaban J connectivity index is 2.77. The maximum absolute atomic E-state index is 10.8. The molecule has 1 saturated heterocycles. The average Bonchev–Trinajstić information content (AvgIpc) is 2.37. The number of rotatable bonds is 3. The van der Waals surface area contributed by atoms with E-state index in [4.69, 9.17) is 0 Å². The van der Waals surface area contributed by atoms with Gasteiger partial charge in [0.15, 0.2) is 10.1 Å². The van der Waals surface area contributed by atoms with Gasteiger partial charge < -0.3 is 0 Å². The number of nitrogens with one attached hydrogen (secondary N) is 1. The molecule has 0 amide bonds. The lowest BCUT2D eigenvalue weighted by atomic mass is 10.1. The summed E-state index contributed by atoms with van der Waals surface area (Å²) in [4.78, 5) is 21.6. The number of hydrogen-bond donors (Lipinski definition) is 1. The molecule has 1 aliphatic heterocycles. The van der Waals surface area contributed by atoms with Crippen LogP contribution in [0.2, 0.25) is 0 Å². The third-order valence-electron chi connectivity index (χ3n) is 2.24. The predicted molar refractivity (Wildman–Crippen MR) is 61.9 cm³/mol. The molecule has 1 N–H and O–H groups in total. The Kier molecular flexibility index (Phi) is 4.24. The van der Waals surface area contributed by atoms with Crippen LogP contribution in [0.25, 0.3) is 0 Å². The Bertz CT molecular complexity index is 306. The van der Waals surface area contributed by atoms with Crippen LogP contribution in [0.1, 0.15) is 20.8 Å². The summed E-state index contributed by atoms with van der Waals surface area (Å²) < 4.78 is 0. The lowest BCUT2D eigenvalue weighted by Gasteiger charge is -2.31. The second kappa shape index (κ2) is 5.31. The van der Waals surface area contributed by atoms with Crippen molar-refractivity contribution in [3.63, 3.8) is 0 Å². The largest absolute Gasteiger partial charge is 0.246 e. The minimum absolute atomic E-state index is 0.00535. The zero-order chi connectivity index (χ0) is 13.9. The number of hydrazine groups is 3. The van der Waals surface area contributed by atoms with E-state index in [0.717, 1.165) is 10.0 Å². The summed E-state index contributed by atoms with van der Waals surface area (Å²) in [5, 5.41) is 23.8. The first kappa shape index (κ1) is 14.4. The van der Waals surface area contributed by atoms with E-state index in [1.807, 2.05) is 20.8 Å². The normalized spacial score (nSPS) is 18.6. The Morgan fingerprint density at radius 2 is 1.39 bits per heavy atom. The standard InChI is InChI=1S/C8H18N6O4/c1-8(2,3)9-10-6-11(13(15)16)4-5-12(7-10)14(17)18/h9H,4-7H2,1-3H3. The maximum atomic E-state index is 10.8. The summed E-state index contributed by atoms with van der Waals surface area (Å²) in [7, 11) is 0. The topological polar surface area (TPSA) is 108 Å². The fourth-order valence-electron chi connectivity index (χ4n) is 1.62. The van der Waals surface area contributed by atoms with Crippen molar-refractivity contribution in [3.05, 3.63) is 20.2 Å². The van der Waals surface area contributed by atoms with Gasteiger partial charge in [0.25, 0.3) is 0 Å². The summed E-state index contributed by atoms with van der Waals surface area (Å²) >= 11 is 0. The van der Waals surface area contributed by atoms with E-state index in [0.29, 0.717) is 0 Å². The highest BCUT2D eigenvalue weighted by molar-refractivity contribution is 4.70. The van der Waals surface area contributed by atoms with Gasteiger partial charge in [0.1, 0.15) is 26.4 Å². The second-order valence-corrected chi connectivity index (χ2v) is 5.12. The van der Waals surface area contributed by atoms with Crippen molar-refractivity contribution in [2.45, 2.75) is 26.3 Å². The molecule has 10 nitrogen and oxygen atoms in total. The molecule has 0 atom stereocenters. The van der Waals surface area contributed by atoms with Crippen LogP contribution in [0.5, 0.6) is 0 Å². The first-order valence-corrected chi connectivity index (χ1v) is 5.50. The molecule has 0 aromatic carbocycles. The van der Waals surface area contributed by atoms with E-state index in [1.54, 1.807) is 0 Å². The summed E-state index contributed by atoms with van der Waals surface area (Å²) in [6, 6.07) is 0. The average molecular weight is 262 g/mol. The second-order valence-electron chi connectivity index (χ2n) is 5.12.